The van der Waals surface area contributed by atoms with E-state index >= 15 is 0 Å². The summed E-state index contributed by atoms with van der Waals surface area (Å²) in [7, 11) is 0. The normalized spacial score (nSPS) is 11.2. The highest BCUT2D eigenvalue weighted by Gasteiger charge is 2.11. The first-order chi connectivity index (χ1) is 12.9. The predicted molar refractivity (Wildman–Crippen MR) is 95.7 cm³/mol. The van der Waals surface area contributed by atoms with Gasteiger partial charge in [-0.1, -0.05) is 18.2 Å². The van der Waals surface area contributed by atoms with E-state index in [1.807, 2.05) is 53.5 Å². The molecule has 0 unspecified atom stereocenters. The van der Waals surface area contributed by atoms with Gasteiger partial charge < -0.3 is 4.57 Å². The van der Waals surface area contributed by atoms with Crippen molar-refractivity contribution in [3.63, 3.8) is 0 Å². The van der Waals surface area contributed by atoms with Gasteiger partial charge in [-0.25, -0.2) is 14.3 Å². The maximum Gasteiger partial charge on any atom is 0.140 e. The summed E-state index contributed by atoms with van der Waals surface area (Å²) in [5, 5.41) is 12.1. The minimum atomic E-state index is 0.681. The molecule has 7 nitrogen and oxygen atoms in total. The van der Waals surface area contributed by atoms with Crippen LogP contribution in [0.4, 0.5) is 0 Å². The highest BCUT2D eigenvalue weighted by molar-refractivity contribution is 5.79. The number of aromatic nitrogens is 6. The standard InChI is InChI=1S/C19H14N6O/c1-2-5-18(25-10-3-8-21-25)15(4-1)13-24-11-9-20-19(24)14-6-7-16-17(12-14)23-26-22-16/h1-12H,13H2. The molecule has 126 valence electrons. The molecular formula is C19H14N6O. The van der Waals surface area contributed by atoms with E-state index in [4.69, 9.17) is 4.63 Å². The summed E-state index contributed by atoms with van der Waals surface area (Å²) in [4.78, 5) is 4.53. The number of hydrogen-bond donors (Lipinski definition) is 0. The number of para-hydroxylation sites is 1. The van der Waals surface area contributed by atoms with Crippen molar-refractivity contribution in [3.05, 3.63) is 78.9 Å². The Balaban J connectivity index is 1.55. The molecule has 0 saturated heterocycles. The average Bonchev–Trinajstić information content (AvgIpc) is 3.43. The molecule has 0 radical (unpaired) electrons. The third-order valence-corrected chi connectivity index (χ3v) is 4.31. The Kier molecular flexibility index (Phi) is 3.35. The zero-order valence-electron chi connectivity index (χ0n) is 13.7. The van der Waals surface area contributed by atoms with Crippen molar-refractivity contribution >= 4 is 11.0 Å². The molecule has 0 aliphatic carbocycles. The molecule has 5 rings (SSSR count). The maximum atomic E-state index is 4.78. The summed E-state index contributed by atoms with van der Waals surface area (Å²) in [5.74, 6) is 0.866. The maximum absolute atomic E-state index is 4.78. The molecule has 0 N–H and O–H groups in total. The molecule has 5 aromatic rings. The van der Waals surface area contributed by atoms with Crippen LogP contribution in [0.5, 0.6) is 0 Å². The van der Waals surface area contributed by atoms with Crippen molar-refractivity contribution in [2.45, 2.75) is 6.54 Å². The van der Waals surface area contributed by atoms with Crippen LogP contribution in [0.1, 0.15) is 5.56 Å². The molecule has 0 atom stereocenters. The Morgan fingerprint density at radius 1 is 0.885 bits per heavy atom. The first-order valence-corrected chi connectivity index (χ1v) is 8.20. The smallest absolute Gasteiger partial charge is 0.140 e. The van der Waals surface area contributed by atoms with E-state index in [1.165, 1.54) is 0 Å². The zero-order valence-corrected chi connectivity index (χ0v) is 13.7. The Morgan fingerprint density at radius 3 is 2.73 bits per heavy atom. The molecular weight excluding hydrogens is 328 g/mol. The average molecular weight is 342 g/mol. The molecule has 0 aliphatic rings. The van der Waals surface area contributed by atoms with E-state index in [-0.39, 0.29) is 0 Å². The number of benzene rings is 2. The number of nitrogens with zero attached hydrogens (tertiary/aromatic N) is 6. The minimum absolute atomic E-state index is 0.681. The van der Waals surface area contributed by atoms with Gasteiger partial charge in [-0.15, -0.1) is 0 Å². The lowest BCUT2D eigenvalue weighted by Crippen LogP contribution is -2.06. The van der Waals surface area contributed by atoms with E-state index in [0.29, 0.717) is 12.1 Å². The number of imidazole rings is 1. The quantitative estimate of drug-likeness (QED) is 0.501. The van der Waals surface area contributed by atoms with Crippen molar-refractivity contribution in [1.82, 2.24) is 29.6 Å². The van der Waals surface area contributed by atoms with Gasteiger partial charge in [0.25, 0.3) is 0 Å². The van der Waals surface area contributed by atoms with Crippen molar-refractivity contribution in [2.24, 2.45) is 0 Å². The van der Waals surface area contributed by atoms with Crippen LogP contribution in [0.25, 0.3) is 28.1 Å². The third kappa shape index (κ3) is 2.46. The molecule has 0 bridgehead atoms. The van der Waals surface area contributed by atoms with Gasteiger partial charge in [-0.2, -0.15) is 5.10 Å². The van der Waals surface area contributed by atoms with Crippen molar-refractivity contribution in [3.8, 4) is 17.1 Å². The molecule has 0 aliphatic heterocycles. The van der Waals surface area contributed by atoms with E-state index in [0.717, 1.165) is 28.2 Å². The summed E-state index contributed by atoms with van der Waals surface area (Å²) < 4.78 is 8.77. The van der Waals surface area contributed by atoms with Gasteiger partial charge in [-0.05, 0) is 46.2 Å². The van der Waals surface area contributed by atoms with Crippen LogP contribution in [0.2, 0.25) is 0 Å². The lowest BCUT2D eigenvalue weighted by molar-refractivity contribution is 0.315. The second-order valence-electron chi connectivity index (χ2n) is 5.93. The summed E-state index contributed by atoms with van der Waals surface area (Å²) in [6, 6.07) is 15.9. The van der Waals surface area contributed by atoms with Crippen LogP contribution >= 0.6 is 0 Å². The van der Waals surface area contributed by atoms with Gasteiger partial charge in [0.15, 0.2) is 0 Å². The number of rotatable bonds is 4. The lowest BCUT2D eigenvalue weighted by atomic mass is 10.1. The molecule has 0 saturated carbocycles. The van der Waals surface area contributed by atoms with Crippen LogP contribution in [0.3, 0.4) is 0 Å². The first-order valence-electron chi connectivity index (χ1n) is 8.20. The Hall–Kier alpha value is -3.74. The van der Waals surface area contributed by atoms with Crippen LogP contribution in [0.15, 0.2) is 77.9 Å². The SMILES string of the molecule is c1ccc(-n2cccn2)c(Cn2ccnc2-c2ccc3nonc3c2)c1. The van der Waals surface area contributed by atoms with E-state index in [9.17, 15) is 0 Å². The molecule has 3 heterocycles. The molecule has 26 heavy (non-hydrogen) atoms. The van der Waals surface area contributed by atoms with Gasteiger partial charge in [0.05, 0.1) is 12.2 Å². The predicted octanol–water partition coefficient (Wildman–Crippen LogP) is 3.32. The molecule has 0 spiro atoms. The summed E-state index contributed by atoms with van der Waals surface area (Å²) >= 11 is 0. The van der Waals surface area contributed by atoms with Crippen LogP contribution in [-0.2, 0) is 6.54 Å². The van der Waals surface area contributed by atoms with Gasteiger partial charge in [-0.3, -0.25) is 0 Å². The van der Waals surface area contributed by atoms with Crippen molar-refractivity contribution in [1.29, 1.82) is 0 Å². The summed E-state index contributed by atoms with van der Waals surface area (Å²) in [6.07, 6.45) is 7.50. The van der Waals surface area contributed by atoms with E-state index in [1.54, 1.807) is 12.4 Å². The van der Waals surface area contributed by atoms with E-state index < -0.39 is 0 Å². The highest BCUT2D eigenvalue weighted by Crippen LogP contribution is 2.23. The van der Waals surface area contributed by atoms with Crippen molar-refractivity contribution < 1.29 is 4.63 Å². The van der Waals surface area contributed by atoms with Gasteiger partial charge in [0.1, 0.15) is 16.9 Å². The molecule has 2 aromatic carbocycles. The van der Waals surface area contributed by atoms with Gasteiger partial charge in [0, 0.05) is 30.4 Å². The number of hydrogen-bond acceptors (Lipinski definition) is 5. The second-order valence-corrected chi connectivity index (χ2v) is 5.93. The fourth-order valence-electron chi connectivity index (χ4n) is 3.08. The van der Waals surface area contributed by atoms with Crippen LogP contribution < -0.4 is 0 Å². The fourth-order valence-corrected chi connectivity index (χ4v) is 3.08. The molecule has 0 fully saturated rings. The van der Waals surface area contributed by atoms with Crippen LogP contribution in [0, 0.1) is 0 Å². The first kappa shape index (κ1) is 14.6. The Morgan fingerprint density at radius 2 is 1.81 bits per heavy atom. The Bertz CT molecular complexity index is 1170. The number of fused-ring (bicyclic) bond motifs is 1. The topological polar surface area (TPSA) is 74.6 Å². The van der Waals surface area contributed by atoms with Crippen molar-refractivity contribution in [2.75, 3.05) is 0 Å². The lowest BCUT2D eigenvalue weighted by Gasteiger charge is -2.12. The largest absolute Gasteiger partial charge is 0.326 e. The molecule has 3 aromatic heterocycles. The monoisotopic (exact) mass is 342 g/mol. The summed E-state index contributed by atoms with van der Waals surface area (Å²) in [6.45, 7) is 0.681. The third-order valence-electron chi connectivity index (χ3n) is 4.31. The summed E-state index contributed by atoms with van der Waals surface area (Å²) in [5.41, 5.74) is 4.62. The van der Waals surface area contributed by atoms with E-state index in [2.05, 4.69) is 37.1 Å². The van der Waals surface area contributed by atoms with Gasteiger partial charge in [0.2, 0.25) is 0 Å². The van der Waals surface area contributed by atoms with Gasteiger partial charge >= 0.3 is 0 Å². The van der Waals surface area contributed by atoms with Crippen LogP contribution in [-0.4, -0.2) is 29.6 Å². The second kappa shape index (κ2) is 5.96. The fraction of sp³-hybridized carbons (Fsp3) is 0.0526. The minimum Gasteiger partial charge on any atom is -0.326 e. The Labute approximate surface area is 148 Å². The molecule has 0 amide bonds. The highest BCUT2D eigenvalue weighted by atomic mass is 16.6. The molecule has 7 heteroatoms. The zero-order chi connectivity index (χ0) is 17.3.